The molecule has 0 radical (unpaired) electrons. The highest BCUT2D eigenvalue weighted by Crippen LogP contribution is 2.28. The zero-order valence-corrected chi connectivity index (χ0v) is 12.8. The van der Waals surface area contributed by atoms with Crippen LogP contribution in [-0.4, -0.2) is 25.0 Å². The molecule has 1 heterocycles. The van der Waals surface area contributed by atoms with Gasteiger partial charge in [-0.15, -0.1) is 0 Å². The minimum Gasteiger partial charge on any atom is -0.502 e. The second-order valence-corrected chi connectivity index (χ2v) is 5.25. The van der Waals surface area contributed by atoms with Gasteiger partial charge in [0.15, 0.2) is 11.6 Å². The molecule has 120 valence electrons. The molecule has 0 bridgehead atoms. The molecule has 0 aliphatic heterocycles. The number of benzene rings is 2. The van der Waals surface area contributed by atoms with Crippen molar-refractivity contribution in [2.45, 2.75) is 0 Å². The lowest BCUT2D eigenvalue weighted by Gasteiger charge is -2.08. The number of aromatic nitrogens is 2. The second kappa shape index (κ2) is 6.05. The summed E-state index contributed by atoms with van der Waals surface area (Å²) in [6.45, 7) is 0. The van der Waals surface area contributed by atoms with E-state index in [-0.39, 0.29) is 16.4 Å². The maximum absolute atomic E-state index is 12.0. The van der Waals surface area contributed by atoms with Gasteiger partial charge in [0, 0.05) is 11.8 Å². The molecule has 0 amide bonds. The number of nitrogens with one attached hydrogen (secondary N) is 2. The molecule has 3 rings (SSSR count). The van der Waals surface area contributed by atoms with Crippen molar-refractivity contribution in [1.29, 1.82) is 0 Å². The van der Waals surface area contributed by atoms with Crippen LogP contribution in [0.4, 0.5) is 11.4 Å². The standard InChI is InChI=1S/C15H10N4O4S/c20-12-6-5-8(7-11(12)19(22)23)16-15(24)13-17-10-4-2-1-3-9(10)14(21)18-13/h1-7,20H,(H,16,24)(H,17,18,21). The number of H-pyrrole nitrogens is 1. The summed E-state index contributed by atoms with van der Waals surface area (Å²) >= 11 is 5.19. The van der Waals surface area contributed by atoms with Crippen LogP contribution in [0.25, 0.3) is 10.9 Å². The Hall–Kier alpha value is -3.33. The van der Waals surface area contributed by atoms with Crippen LogP contribution in [0.2, 0.25) is 0 Å². The minimum absolute atomic E-state index is 0.0952. The number of thiocarbonyl (C=S) groups is 1. The third kappa shape index (κ3) is 2.92. The number of hydrogen-bond acceptors (Lipinski definition) is 6. The minimum atomic E-state index is -0.709. The average Bonchev–Trinajstić information content (AvgIpc) is 2.56. The maximum atomic E-state index is 12.0. The van der Waals surface area contributed by atoms with Crippen molar-refractivity contribution >= 4 is 39.5 Å². The van der Waals surface area contributed by atoms with Gasteiger partial charge in [-0.2, -0.15) is 0 Å². The van der Waals surface area contributed by atoms with Gasteiger partial charge < -0.3 is 15.4 Å². The summed E-state index contributed by atoms with van der Waals surface area (Å²) in [5.41, 5.74) is -0.0170. The van der Waals surface area contributed by atoms with Crippen LogP contribution in [0, 0.1) is 10.1 Å². The number of anilines is 1. The number of phenols is 1. The van der Waals surface area contributed by atoms with E-state index >= 15 is 0 Å². The number of aromatic amines is 1. The largest absolute Gasteiger partial charge is 0.502 e. The Labute approximate surface area is 139 Å². The van der Waals surface area contributed by atoms with Crippen LogP contribution in [0.15, 0.2) is 47.3 Å². The summed E-state index contributed by atoms with van der Waals surface area (Å²) in [6.07, 6.45) is 0. The summed E-state index contributed by atoms with van der Waals surface area (Å²) < 4.78 is 0. The van der Waals surface area contributed by atoms with Crippen LogP contribution < -0.4 is 10.9 Å². The van der Waals surface area contributed by atoms with Crippen LogP contribution in [0.1, 0.15) is 5.82 Å². The molecule has 2 aromatic carbocycles. The quantitative estimate of drug-likeness (QED) is 0.289. The molecule has 3 aromatic rings. The SMILES string of the molecule is O=c1[nH]c(C(=S)Nc2ccc(O)c([N+](=O)[O-])c2)nc2ccccc12. The maximum Gasteiger partial charge on any atom is 0.312 e. The summed E-state index contributed by atoms with van der Waals surface area (Å²) in [5, 5.41) is 23.5. The fraction of sp³-hybridized carbons (Fsp3) is 0. The summed E-state index contributed by atoms with van der Waals surface area (Å²) in [6, 6.07) is 10.5. The number of para-hydroxylation sites is 1. The molecule has 0 aliphatic rings. The molecule has 9 heteroatoms. The van der Waals surface area contributed by atoms with Crippen molar-refractivity contribution in [3.8, 4) is 5.75 Å². The van der Waals surface area contributed by atoms with Crippen molar-refractivity contribution in [3.63, 3.8) is 0 Å². The van der Waals surface area contributed by atoms with Crippen molar-refractivity contribution in [2.75, 3.05) is 5.32 Å². The van der Waals surface area contributed by atoms with E-state index in [4.69, 9.17) is 12.2 Å². The molecule has 0 unspecified atom stereocenters. The van der Waals surface area contributed by atoms with Gasteiger partial charge in [-0.1, -0.05) is 24.4 Å². The average molecular weight is 342 g/mol. The van der Waals surface area contributed by atoms with Crippen molar-refractivity contribution in [1.82, 2.24) is 9.97 Å². The first-order chi connectivity index (χ1) is 11.5. The highest BCUT2D eigenvalue weighted by Gasteiger charge is 2.15. The molecule has 0 aliphatic carbocycles. The smallest absolute Gasteiger partial charge is 0.312 e. The lowest BCUT2D eigenvalue weighted by molar-refractivity contribution is -0.385. The fourth-order valence-electron chi connectivity index (χ4n) is 2.13. The van der Waals surface area contributed by atoms with E-state index in [1.165, 1.54) is 12.1 Å². The fourth-order valence-corrected chi connectivity index (χ4v) is 2.35. The Morgan fingerprint density at radius 3 is 2.79 bits per heavy atom. The van der Waals surface area contributed by atoms with E-state index in [0.717, 1.165) is 6.07 Å². The predicted molar refractivity (Wildman–Crippen MR) is 92.4 cm³/mol. The number of aromatic hydroxyl groups is 1. The number of fused-ring (bicyclic) bond motifs is 1. The first-order valence-corrected chi connectivity index (χ1v) is 7.14. The molecule has 3 N–H and O–H groups in total. The van der Waals surface area contributed by atoms with E-state index in [0.29, 0.717) is 16.6 Å². The predicted octanol–water partition coefficient (Wildman–Crippen LogP) is 2.32. The van der Waals surface area contributed by atoms with Gasteiger partial charge in [-0.3, -0.25) is 14.9 Å². The lowest BCUT2D eigenvalue weighted by Crippen LogP contribution is -2.20. The zero-order chi connectivity index (χ0) is 17.3. The highest BCUT2D eigenvalue weighted by molar-refractivity contribution is 7.81. The normalized spacial score (nSPS) is 10.5. The first-order valence-electron chi connectivity index (χ1n) is 6.73. The Kier molecular flexibility index (Phi) is 3.92. The monoisotopic (exact) mass is 342 g/mol. The molecule has 0 saturated heterocycles. The van der Waals surface area contributed by atoms with Gasteiger partial charge in [0.05, 0.1) is 15.8 Å². The van der Waals surface area contributed by atoms with Crippen molar-refractivity contribution in [3.05, 3.63) is 68.8 Å². The second-order valence-electron chi connectivity index (χ2n) is 4.85. The Morgan fingerprint density at radius 1 is 1.29 bits per heavy atom. The van der Waals surface area contributed by atoms with E-state index in [9.17, 15) is 20.0 Å². The number of nitrogens with zero attached hydrogens (tertiary/aromatic N) is 2. The number of hydrogen-bond donors (Lipinski definition) is 3. The molecule has 0 fully saturated rings. The van der Waals surface area contributed by atoms with E-state index in [2.05, 4.69) is 15.3 Å². The van der Waals surface area contributed by atoms with Crippen LogP contribution in [-0.2, 0) is 0 Å². The Morgan fingerprint density at radius 2 is 2.04 bits per heavy atom. The number of rotatable bonds is 3. The summed E-state index contributed by atoms with van der Waals surface area (Å²) in [5.74, 6) is -0.307. The molecule has 0 spiro atoms. The van der Waals surface area contributed by atoms with Crippen LogP contribution >= 0.6 is 12.2 Å². The van der Waals surface area contributed by atoms with Crippen LogP contribution in [0.3, 0.4) is 0 Å². The van der Waals surface area contributed by atoms with E-state index in [1.807, 2.05) is 0 Å². The molecule has 0 saturated carbocycles. The van der Waals surface area contributed by atoms with E-state index in [1.54, 1.807) is 24.3 Å². The zero-order valence-electron chi connectivity index (χ0n) is 12.0. The van der Waals surface area contributed by atoms with Gasteiger partial charge in [0.25, 0.3) is 5.56 Å². The van der Waals surface area contributed by atoms with Crippen molar-refractivity contribution < 1.29 is 10.0 Å². The van der Waals surface area contributed by atoms with Gasteiger partial charge >= 0.3 is 5.69 Å². The molecular weight excluding hydrogens is 332 g/mol. The van der Waals surface area contributed by atoms with Gasteiger partial charge in [-0.05, 0) is 24.3 Å². The third-order valence-electron chi connectivity index (χ3n) is 3.26. The Bertz CT molecular complexity index is 1030. The first kappa shape index (κ1) is 15.6. The van der Waals surface area contributed by atoms with Crippen LogP contribution in [0.5, 0.6) is 5.75 Å². The number of nitro groups is 1. The molecule has 1 aromatic heterocycles. The number of nitro benzene ring substituents is 1. The Balaban J connectivity index is 1.94. The highest BCUT2D eigenvalue weighted by atomic mass is 32.1. The molecule has 8 nitrogen and oxygen atoms in total. The molecular formula is C15H10N4O4S. The van der Waals surface area contributed by atoms with Gasteiger partial charge in [-0.25, -0.2) is 4.98 Å². The van der Waals surface area contributed by atoms with E-state index < -0.39 is 16.4 Å². The molecule has 24 heavy (non-hydrogen) atoms. The number of phenolic OH excluding ortho intramolecular Hbond substituents is 1. The summed E-state index contributed by atoms with van der Waals surface area (Å²) in [7, 11) is 0. The topological polar surface area (TPSA) is 121 Å². The lowest BCUT2D eigenvalue weighted by atomic mass is 10.2. The van der Waals surface area contributed by atoms with Gasteiger partial charge in [0.1, 0.15) is 4.99 Å². The van der Waals surface area contributed by atoms with Crippen molar-refractivity contribution in [2.24, 2.45) is 0 Å². The van der Waals surface area contributed by atoms with Gasteiger partial charge in [0.2, 0.25) is 0 Å². The third-order valence-corrected chi connectivity index (χ3v) is 3.55. The molecule has 0 atom stereocenters. The summed E-state index contributed by atoms with van der Waals surface area (Å²) in [4.78, 5) is 29.1.